The number of thioether (sulfide) groups is 1. The quantitative estimate of drug-likeness (QED) is 0.296. The second kappa shape index (κ2) is 12.7. The maximum absolute atomic E-state index is 13.3. The van der Waals surface area contributed by atoms with Gasteiger partial charge in [-0.1, -0.05) is 29.4 Å². The average molecular weight is 650 g/mol. The van der Waals surface area contributed by atoms with Crippen molar-refractivity contribution >= 4 is 74.3 Å². The predicted molar refractivity (Wildman–Crippen MR) is 157 cm³/mol. The number of rotatable bonds is 8. The second-order valence-corrected chi connectivity index (χ2v) is 11.0. The van der Waals surface area contributed by atoms with Crippen molar-refractivity contribution in [1.29, 1.82) is 0 Å². The lowest BCUT2D eigenvalue weighted by Gasteiger charge is -2.32. The highest BCUT2D eigenvalue weighted by Gasteiger charge is 2.35. The van der Waals surface area contributed by atoms with Gasteiger partial charge >= 0.3 is 0 Å². The molecule has 1 atom stereocenters. The van der Waals surface area contributed by atoms with Crippen LogP contribution in [0.25, 0.3) is 0 Å². The minimum atomic E-state index is -0.602. The fourth-order valence-corrected chi connectivity index (χ4v) is 5.33. The molecule has 0 saturated carbocycles. The first-order chi connectivity index (χ1) is 17.9. The lowest BCUT2D eigenvalue weighted by molar-refractivity contribution is -0.129. The maximum Gasteiger partial charge on any atom is 0.238 e. The molecule has 10 heteroatoms. The molecule has 1 fully saturated rings. The first-order valence-corrected chi connectivity index (χ1v) is 13.8. The maximum atomic E-state index is 13.3. The van der Waals surface area contributed by atoms with Gasteiger partial charge in [0.05, 0.1) is 19.9 Å². The van der Waals surface area contributed by atoms with Crippen LogP contribution in [-0.4, -0.2) is 47.9 Å². The summed E-state index contributed by atoms with van der Waals surface area (Å²) < 4.78 is 11.8. The number of ether oxygens (including phenoxy) is 2. The molecule has 1 heterocycles. The van der Waals surface area contributed by atoms with E-state index < -0.39 is 5.25 Å². The number of nitrogens with one attached hydrogen (secondary N) is 1. The molecule has 37 heavy (non-hydrogen) atoms. The fourth-order valence-electron chi connectivity index (χ4n) is 3.72. The topological polar surface area (TPSA) is 80.2 Å². The van der Waals surface area contributed by atoms with E-state index in [1.54, 1.807) is 43.4 Å². The van der Waals surface area contributed by atoms with E-state index in [1.807, 2.05) is 42.5 Å². The number of aliphatic imine (C=N–C) groups is 1. The van der Waals surface area contributed by atoms with Gasteiger partial charge in [-0.05, 0) is 95.2 Å². The number of anilines is 1. The molecule has 0 spiro atoms. The predicted octanol–water partition coefficient (Wildman–Crippen LogP) is 6.16. The van der Waals surface area contributed by atoms with Crippen LogP contribution in [0.5, 0.6) is 11.5 Å². The molecule has 1 saturated heterocycles. The Bertz CT molecular complexity index is 1300. The molecular formula is C27H25ClIN3O4S. The molecule has 0 bridgehead atoms. The van der Waals surface area contributed by atoms with E-state index in [-0.39, 0.29) is 18.2 Å². The number of carbonyl (C=O) groups excluding carboxylic acids is 2. The Labute approximate surface area is 238 Å². The van der Waals surface area contributed by atoms with Crippen LogP contribution in [0.2, 0.25) is 5.02 Å². The highest BCUT2D eigenvalue weighted by Crippen LogP contribution is 2.32. The number of methoxy groups -OCH3 is 2. The van der Waals surface area contributed by atoms with Crippen molar-refractivity contribution in [1.82, 2.24) is 4.90 Å². The van der Waals surface area contributed by atoms with E-state index in [0.717, 1.165) is 9.13 Å². The molecule has 1 N–H and O–H groups in total. The fraction of sp³-hybridized carbons (Fsp3) is 0.222. The van der Waals surface area contributed by atoms with Crippen LogP contribution in [0.1, 0.15) is 12.0 Å². The molecule has 0 aromatic heterocycles. The SMILES string of the molecule is COc1ccc(CCN2C(=O)C[C@H](C(=O)Nc3ccc(I)cc3)SC2=Nc2ccc(Cl)cc2)cc1OC. The van der Waals surface area contributed by atoms with Gasteiger partial charge in [0, 0.05) is 27.2 Å². The highest BCUT2D eigenvalue weighted by atomic mass is 127. The number of hydrogen-bond donors (Lipinski definition) is 1. The molecule has 1 aliphatic heterocycles. The zero-order valence-electron chi connectivity index (χ0n) is 20.2. The normalized spacial score (nSPS) is 16.5. The van der Waals surface area contributed by atoms with Crippen LogP contribution in [-0.2, 0) is 16.0 Å². The van der Waals surface area contributed by atoms with Crippen LogP contribution in [0, 0.1) is 3.57 Å². The zero-order chi connectivity index (χ0) is 26.4. The molecule has 0 radical (unpaired) electrons. The van der Waals surface area contributed by atoms with Crippen LogP contribution in [0.15, 0.2) is 71.7 Å². The number of amides is 2. The molecular weight excluding hydrogens is 625 g/mol. The Balaban J connectivity index is 1.55. The second-order valence-electron chi connectivity index (χ2n) is 8.16. The van der Waals surface area contributed by atoms with Gasteiger partial charge in [-0.3, -0.25) is 14.5 Å². The molecule has 2 amide bonds. The first-order valence-electron chi connectivity index (χ1n) is 11.4. The van der Waals surface area contributed by atoms with Gasteiger partial charge in [-0.25, -0.2) is 4.99 Å². The van der Waals surface area contributed by atoms with Gasteiger partial charge in [0.15, 0.2) is 16.7 Å². The standard InChI is InChI=1S/C27H25ClIN3O4S/c1-35-22-12-3-17(15-23(22)36-2)13-14-32-25(33)16-24(26(34)30-20-10-6-19(29)7-11-20)37-27(32)31-21-8-4-18(28)5-9-21/h3-12,15,24H,13-14,16H2,1-2H3,(H,30,34)/t24-/m1/s1. The summed E-state index contributed by atoms with van der Waals surface area (Å²) in [5, 5.41) is 3.38. The minimum Gasteiger partial charge on any atom is -0.493 e. The van der Waals surface area contributed by atoms with Crippen molar-refractivity contribution in [2.24, 2.45) is 4.99 Å². The Morgan fingerprint density at radius 3 is 2.46 bits per heavy atom. The van der Waals surface area contributed by atoms with E-state index in [4.69, 9.17) is 26.1 Å². The Morgan fingerprint density at radius 2 is 1.78 bits per heavy atom. The molecule has 0 unspecified atom stereocenters. The van der Waals surface area contributed by atoms with Crippen molar-refractivity contribution in [3.05, 3.63) is 80.9 Å². The van der Waals surface area contributed by atoms with Crippen LogP contribution in [0.3, 0.4) is 0 Å². The van der Waals surface area contributed by atoms with E-state index in [0.29, 0.717) is 46.0 Å². The molecule has 7 nitrogen and oxygen atoms in total. The molecule has 192 valence electrons. The molecule has 0 aliphatic carbocycles. The Hall–Kier alpha value is -2.76. The lowest BCUT2D eigenvalue weighted by atomic mass is 10.1. The van der Waals surface area contributed by atoms with Crippen LogP contribution < -0.4 is 14.8 Å². The number of carbonyl (C=O) groups is 2. The van der Waals surface area contributed by atoms with Crippen LogP contribution >= 0.6 is 46.0 Å². The van der Waals surface area contributed by atoms with Crippen molar-refractivity contribution in [3.8, 4) is 11.5 Å². The van der Waals surface area contributed by atoms with Gasteiger partial charge in [0.25, 0.3) is 0 Å². The van der Waals surface area contributed by atoms with Gasteiger partial charge in [0.1, 0.15) is 5.25 Å². The van der Waals surface area contributed by atoms with Crippen molar-refractivity contribution < 1.29 is 19.1 Å². The molecule has 1 aliphatic rings. The lowest BCUT2D eigenvalue weighted by Crippen LogP contribution is -2.46. The largest absolute Gasteiger partial charge is 0.493 e. The van der Waals surface area contributed by atoms with Crippen molar-refractivity contribution in [2.75, 3.05) is 26.1 Å². The van der Waals surface area contributed by atoms with E-state index in [2.05, 4.69) is 27.9 Å². The van der Waals surface area contributed by atoms with Gasteiger partial charge < -0.3 is 14.8 Å². The summed E-state index contributed by atoms with van der Waals surface area (Å²) in [6, 6.07) is 20.2. The monoisotopic (exact) mass is 649 g/mol. The van der Waals surface area contributed by atoms with Gasteiger partial charge in [-0.15, -0.1) is 0 Å². The molecule has 4 rings (SSSR count). The van der Waals surface area contributed by atoms with E-state index >= 15 is 0 Å². The Kier molecular flexibility index (Phi) is 9.33. The van der Waals surface area contributed by atoms with Crippen molar-refractivity contribution in [3.63, 3.8) is 0 Å². The number of amidine groups is 1. The molecule has 3 aromatic rings. The summed E-state index contributed by atoms with van der Waals surface area (Å²) in [6.45, 7) is 0.402. The highest BCUT2D eigenvalue weighted by molar-refractivity contribution is 14.1. The first kappa shape index (κ1) is 27.3. The zero-order valence-corrected chi connectivity index (χ0v) is 24.0. The van der Waals surface area contributed by atoms with E-state index in [9.17, 15) is 9.59 Å². The van der Waals surface area contributed by atoms with Gasteiger partial charge in [0.2, 0.25) is 11.8 Å². The smallest absolute Gasteiger partial charge is 0.238 e. The average Bonchev–Trinajstić information content (AvgIpc) is 2.90. The molecule has 3 aromatic carbocycles. The summed E-state index contributed by atoms with van der Waals surface area (Å²) in [7, 11) is 3.18. The number of nitrogens with zero attached hydrogens (tertiary/aromatic N) is 2. The number of benzene rings is 3. The summed E-state index contributed by atoms with van der Waals surface area (Å²) in [6.07, 6.45) is 0.651. The summed E-state index contributed by atoms with van der Waals surface area (Å²) in [5.41, 5.74) is 2.32. The van der Waals surface area contributed by atoms with E-state index in [1.165, 1.54) is 11.8 Å². The third-order valence-electron chi connectivity index (χ3n) is 5.67. The summed E-state index contributed by atoms with van der Waals surface area (Å²) >= 11 is 9.52. The van der Waals surface area contributed by atoms with Crippen molar-refractivity contribution in [2.45, 2.75) is 18.1 Å². The number of hydrogen-bond acceptors (Lipinski definition) is 6. The third kappa shape index (κ3) is 7.18. The van der Waals surface area contributed by atoms with Gasteiger partial charge in [-0.2, -0.15) is 0 Å². The Morgan fingerprint density at radius 1 is 1.08 bits per heavy atom. The number of halogens is 2. The third-order valence-corrected chi connectivity index (χ3v) is 7.83. The summed E-state index contributed by atoms with van der Waals surface area (Å²) in [5.74, 6) is 0.877. The summed E-state index contributed by atoms with van der Waals surface area (Å²) in [4.78, 5) is 32.7. The minimum absolute atomic E-state index is 0.0758. The van der Waals surface area contributed by atoms with Crippen LogP contribution in [0.4, 0.5) is 11.4 Å².